The lowest BCUT2D eigenvalue weighted by atomic mass is 10.1. The summed E-state index contributed by atoms with van der Waals surface area (Å²) in [5.41, 5.74) is 6.25. The van der Waals surface area contributed by atoms with Crippen LogP contribution in [0.25, 0.3) is 27.5 Å². The van der Waals surface area contributed by atoms with Crippen LogP contribution in [0.1, 0.15) is 5.56 Å². The molecule has 10 heteroatoms. The zero-order valence-electron chi connectivity index (χ0n) is 18.8. The van der Waals surface area contributed by atoms with Crippen molar-refractivity contribution in [2.75, 3.05) is 5.32 Å². The van der Waals surface area contributed by atoms with Crippen molar-refractivity contribution in [3.05, 3.63) is 103 Å². The molecular formula is C26H19N7O2S. The van der Waals surface area contributed by atoms with Crippen LogP contribution in [0, 0.1) is 0 Å². The molecule has 2 N–H and O–H groups in total. The molecule has 0 aliphatic heterocycles. The maximum atomic E-state index is 12.3. The number of hydrazone groups is 1. The number of nitrogens with one attached hydrogen (secondary N) is 2. The molecule has 0 atom stereocenters. The van der Waals surface area contributed by atoms with Crippen molar-refractivity contribution in [1.29, 1.82) is 0 Å². The average molecular weight is 494 g/mol. The van der Waals surface area contributed by atoms with Crippen LogP contribution in [0.15, 0.2) is 102 Å². The average Bonchev–Trinajstić information content (AvgIpc) is 3.58. The Morgan fingerprint density at radius 3 is 2.14 bits per heavy atom. The Balaban J connectivity index is 1.28. The number of amides is 2. The van der Waals surface area contributed by atoms with Gasteiger partial charge >= 0.3 is 11.8 Å². The molecule has 5 rings (SSSR count). The topological polar surface area (TPSA) is 114 Å². The van der Waals surface area contributed by atoms with Gasteiger partial charge in [0.05, 0.1) is 11.9 Å². The van der Waals surface area contributed by atoms with Crippen LogP contribution in [0.3, 0.4) is 0 Å². The Morgan fingerprint density at radius 2 is 1.44 bits per heavy atom. The van der Waals surface area contributed by atoms with E-state index in [0.29, 0.717) is 16.3 Å². The molecule has 0 unspecified atom stereocenters. The molecule has 0 spiro atoms. The van der Waals surface area contributed by atoms with Gasteiger partial charge in [0.2, 0.25) is 5.13 Å². The van der Waals surface area contributed by atoms with E-state index in [0.717, 1.165) is 16.8 Å². The number of hydrogen-bond donors (Lipinski definition) is 2. The molecule has 0 saturated heterocycles. The number of carbonyl (C=O) groups is 2. The Labute approximate surface area is 210 Å². The van der Waals surface area contributed by atoms with Gasteiger partial charge in [0.1, 0.15) is 10.7 Å². The smallest absolute Gasteiger partial charge is 0.292 e. The number of aromatic nitrogens is 4. The molecule has 0 aliphatic rings. The number of benzene rings is 3. The molecule has 0 saturated carbocycles. The summed E-state index contributed by atoms with van der Waals surface area (Å²) >= 11 is 1.17. The first kappa shape index (κ1) is 22.8. The lowest BCUT2D eigenvalue weighted by molar-refractivity contribution is -0.136. The van der Waals surface area contributed by atoms with Crippen molar-refractivity contribution in [2.24, 2.45) is 5.10 Å². The molecule has 3 aromatic carbocycles. The molecular weight excluding hydrogens is 474 g/mol. The van der Waals surface area contributed by atoms with Crippen LogP contribution in [0.2, 0.25) is 0 Å². The van der Waals surface area contributed by atoms with Crippen LogP contribution < -0.4 is 10.7 Å². The van der Waals surface area contributed by atoms with Gasteiger partial charge in [-0.3, -0.25) is 14.9 Å². The maximum Gasteiger partial charge on any atom is 0.329 e. The molecule has 0 bridgehead atoms. The third-order valence-electron chi connectivity index (χ3n) is 5.05. The second kappa shape index (κ2) is 10.5. The first-order valence-corrected chi connectivity index (χ1v) is 11.7. The van der Waals surface area contributed by atoms with Crippen molar-refractivity contribution in [1.82, 2.24) is 25.4 Å². The fourth-order valence-electron chi connectivity index (χ4n) is 3.35. The molecule has 176 valence electrons. The molecule has 2 amide bonds. The second-order valence-corrected chi connectivity index (χ2v) is 8.49. The summed E-state index contributed by atoms with van der Waals surface area (Å²) in [5, 5.41) is 19.9. The molecule has 2 heterocycles. The maximum absolute atomic E-state index is 12.3. The normalized spacial score (nSPS) is 10.9. The summed E-state index contributed by atoms with van der Waals surface area (Å²) in [5.74, 6) is -1.83. The summed E-state index contributed by atoms with van der Waals surface area (Å²) in [6, 6.07) is 28.7. The van der Waals surface area contributed by atoms with Gasteiger partial charge < -0.3 is 0 Å². The fraction of sp³-hybridized carbons (Fsp3) is 0. The van der Waals surface area contributed by atoms with E-state index >= 15 is 0 Å². The standard InChI is InChI=1S/C26H19N7O2S/c34-23(28-26-31-30-25(36-26)19-12-6-2-7-13-19)24(35)29-27-16-20-17-33(21-14-8-3-9-15-21)32-22(20)18-10-4-1-5-11-18/h1-17H,(H,29,35)(H,28,31,34). The van der Waals surface area contributed by atoms with E-state index in [-0.39, 0.29) is 5.13 Å². The molecule has 2 aromatic heterocycles. The minimum atomic E-state index is -0.931. The molecule has 0 radical (unpaired) electrons. The highest BCUT2D eigenvalue weighted by atomic mass is 32.1. The van der Waals surface area contributed by atoms with Crippen LogP contribution in [-0.2, 0) is 9.59 Å². The van der Waals surface area contributed by atoms with Gasteiger partial charge in [0, 0.05) is 22.9 Å². The minimum Gasteiger partial charge on any atom is -0.292 e. The highest BCUT2D eigenvalue weighted by molar-refractivity contribution is 7.18. The molecule has 0 fully saturated rings. The summed E-state index contributed by atoms with van der Waals surface area (Å²) in [7, 11) is 0. The largest absolute Gasteiger partial charge is 0.329 e. The molecule has 9 nitrogen and oxygen atoms in total. The van der Waals surface area contributed by atoms with Gasteiger partial charge in [-0.1, -0.05) is 90.2 Å². The summed E-state index contributed by atoms with van der Waals surface area (Å²) in [6.45, 7) is 0. The number of nitrogens with zero attached hydrogens (tertiary/aromatic N) is 5. The second-order valence-electron chi connectivity index (χ2n) is 7.51. The van der Waals surface area contributed by atoms with Crippen molar-refractivity contribution in [3.8, 4) is 27.5 Å². The summed E-state index contributed by atoms with van der Waals surface area (Å²) < 4.78 is 1.73. The van der Waals surface area contributed by atoms with Gasteiger partial charge in [0.25, 0.3) is 0 Å². The van der Waals surface area contributed by atoms with E-state index < -0.39 is 11.8 Å². The van der Waals surface area contributed by atoms with E-state index in [2.05, 4.69) is 31.1 Å². The first-order chi connectivity index (χ1) is 17.7. The Kier molecular flexibility index (Phi) is 6.68. The quantitative estimate of drug-likeness (QED) is 0.210. The van der Waals surface area contributed by atoms with E-state index in [4.69, 9.17) is 0 Å². The highest BCUT2D eigenvalue weighted by Crippen LogP contribution is 2.26. The van der Waals surface area contributed by atoms with Crippen molar-refractivity contribution in [3.63, 3.8) is 0 Å². The van der Waals surface area contributed by atoms with Gasteiger partial charge in [-0.25, -0.2) is 10.1 Å². The minimum absolute atomic E-state index is 0.216. The number of carbonyl (C=O) groups excluding carboxylic acids is 2. The predicted molar refractivity (Wildman–Crippen MR) is 139 cm³/mol. The van der Waals surface area contributed by atoms with E-state index in [1.54, 1.807) is 10.9 Å². The fourth-order valence-corrected chi connectivity index (χ4v) is 4.10. The lowest BCUT2D eigenvalue weighted by Gasteiger charge is -2.00. The third-order valence-corrected chi connectivity index (χ3v) is 5.94. The van der Waals surface area contributed by atoms with Crippen LogP contribution >= 0.6 is 11.3 Å². The SMILES string of the molecule is O=C(NN=Cc1cn(-c2ccccc2)nc1-c1ccccc1)C(=O)Nc1nnc(-c2ccccc2)s1. The van der Waals surface area contributed by atoms with E-state index in [1.807, 2.05) is 91.0 Å². The summed E-state index contributed by atoms with van der Waals surface area (Å²) in [4.78, 5) is 24.6. The van der Waals surface area contributed by atoms with Gasteiger partial charge in [-0.2, -0.15) is 10.2 Å². The third kappa shape index (κ3) is 5.24. The van der Waals surface area contributed by atoms with E-state index in [1.165, 1.54) is 17.6 Å². The summed E-state index contributed by atoms with van der Waals surface area (Å²) in [6.07, 6.45) is 3.26. The van der Waals surface area contributed by atoms with Crippen molar-refractivity contribution in [2.45, 2.75) is 0 Å². The van der Waals surface area contributed by atoms with Crippen LogP contribution in [-0.4, -0.2) is 38.0 Å². The molecule has 36 heavy (non-hydrogen) atoms. The first-order valence-electron chi connectivity index (χ1n) is 10.9. The Hall–Kier alpha value is -4.96. The lowest BCUT2D eigenvalue weighted by Crippen LogP contribution is -2.32. The van der Waals surface area contributed by atoms with Crippen molar-refractivity contribution < 1.29 is 9.59 Å². The molecule has 5 aromatic rings. The van der Waals surface area contributed by atoms with E-state index in [9.17, 15) is 9.59 Å². The zero-order chi connectivity index (χ0) is 24.7. The highest BCUT2D eigenvalue weighted by Gasteiger charge is 2.17. The van der Waals surface area contributed by atoms with Gasteiger partial charge in [-0.15, -0.1) is 10.2 Å². The van der Waals surface area contributed by atoms with Crippen LogP contribution in [0.4, 0.5) is 5.13 Å². The number of para-hydroxylation sites is 1. The number of rotatable bonds is 6. The Bertz CT molecular complexity index is 1510. The van der Waals surface area contributed by atoms with Gasteiger partial charge in [0.15, 0.2) is 0 Å². The van der Waals surface area contributed by atoms with Gasteiger partial charge in [-0.05, 0) is 12.1 Å². The zero-order valence-corrected chi connectivity index (χ0v) is 19.6. The number of anilines is 1. The van der Waals surface area contributed by atoms with Crippen molar-refractivity contribution >= 4 is 34.5 Å². The predicted octanol–water partition coefficient (Wildman–Crippen LogP) is 4.15. The monoisotopic (exact) mass is 493 g/mol. The Morgan fingerprint density at radius 1 is 0.806 bits per heavy atom. The van der Waals surface area contributed by atoms with Crippen LogP contribution in [0.5, 0.6) is 0 Å². The molecule has 0 aliphatic carbocycles. The number of hydrogen-bond acceptors (Lipinski definition) is 7.